The summed E-state index contributed by atoms with van der Waals surface area (Å²) in [4.78, 5) is 21.4. The van der Waals surface area contributed by atoms with Gasteiger partial charge in [0.15, 0.2) is 0 Å². The lowest BCUT2D eigenvalue weighted by Crippen LogP contribution is -2.10. The van der Waals surface area contributed by atoms with Crippen molar-refractivity contribution in [1.82, 2.24) is 0 Å². The number of hydrogen-bond donors (Lipinski definition) is 1. The highest BCUT2D eigenvalue weighted by atomic mass is 16.6. The summed E-state index contributed by atoms with van der Waals surface area (Å²) < 4.78 is 13.8. The van der Waals surface area contributed by atoms with E-state index in [1.807, 2.05) is 0 Å². The molecule has 0 bridgehead atoms. The summed E-state index contributed by atoms with van der Waals surface area (Å²) in [6, 6.07) is 0. The minimum absolute atomic E-state index is 0.0732. The van der Waals surface area contributed by atoms with Crippen molar-refractivity contribution < 1.29 is 28.9 Å². The molecule has 0 aliphatic carbocycles. The van der Waals surface area contributed by atoms with Gasteiger partial charge in [-0.3, -0.25) is 0 Å². The van der Waals surface area contributed by atoms with E-state index in [1.165, 1.54) is 7.11 Å². The second-order valence-corrected chi connectivity index (χ2v) is 2.36. The Kier molecular flexibility index (Phi) is 8.31. The largest absolute Gasteiger partial charge is 0.466 e. The van der Waals surface area contributed by atoms with E-state index in [4.69, 9.17) is 9.84 Å². The van der Waals surface area contributed by atoms with Crippen LogP contribution < -0.4 is 0 Å². The Morgan fingerprint density at radius 2 is 1.80 bits per heavy atom. The molecule has 15 heavy (non-hydrogen) atoms. The van der Waals surface area contributed by atoms with Gasteiger partial charge in [0.2, 0.25) is 0 Å². The van der Waals surface area contributed by atoms with Crippen molar-refractivity contribution in [2.45, 2.75) is 0 Å². The normalized spacial score (nSPS) is 10.3. The summed E-state index contributed by atoms with van der Waals surface area (Å²) in [5, 5.41) is 8.35. The highest BCUT2D eigenvalue weighted by Gasteiger charge is 1.98. The zero-order chi connectivity index (χ0) is 11.5. The first-order valence-corrected chi connectivity index (χ1v) is 4.32. The molecule has 0 radical (unpaired) electrons. The summed E-state index contributed by atoms with van der Waals surface area (Å²) in [6.07, 6.45) is 1.94. The molecule has 1 N–H and O–H groups in total. The highest BCUT2D eigenvalue weighted by molar-refractivity contribution is 5.91. The predicted octanol–water partition coefficient (Wildman–Crippen LogP) is -0.732. The van der Waals surface area contributed by atoms with Gasteiger partial charge in [0.05, 0.1) is 26.9 Å². The quantitative estimate of drug-likeness (QED) is 0.344. The maximum atomic E-state index is 10.9. The topological polar surface area (TPSA) is 82.1 Å². The Balaban J connectivity index is 3.49. The maximum absolute atomic E-state index is 10.9. The second kappa shape index (κ2) is 9.17. The third kappa shape index (κ3) is 8.92. The molecule has 0 unspecified atom stereocenters. The molecule has 0 saturated carbocycles. The van der Waals surface area contributed by atoms with Gasteiger partial charge in [0.1, 0.15) is 6.61 Å². The van der Waals surface area contributed by atoms with E-state index < -0.39 is 11.9 Å². The number of aliphatic hydroxyl groups excluding tert-OH is 1. The molecule has 86 valence electrons. The van der Waals surface area contributed by atoms with E-state index in [0.29, 0.717) is 0 Å². The lowest BCUT2D eigenvalue weighted by molar-refractivity contribution is -0.140. The number of methoxy groups -OCH3 is 1. The average Bonchev–Trinajstić information content (AvgIpc) is 2.25. The fourth-order valence-electron chi connectivity index (χ4n) is 0.620. The first-order valence-electron chi connectivity index (χ1n) is 4.32. The molecule has 0 aromatic rings. The van der Waals surface area contributed by atoms with Crippen LogP contribution in [0.15, 0.2) is 12.2 Å². The summed E-state index contributed by atoms with van der Waals surface area (Å²) >= 11 is 0. The van der Waals surface area contributed by atoms with E-state index in [2.05, 4.69) is 9.47 Å². The monoisotopic (exact) mass is 218 g/mol. The lowest BCUT2D eigenvalue weighted by atomic mass is 10.5. The third-order valence-corrected chi connectivity index (χ3v) is 1.26. The van der Waals surface area contributed by atoms with Gasteiger partial charge >= 0.3 is 11.9 Å². The van der Waals surface area contributed by atoms with E-state index in [0.717, 1.165) is 12.2 Å². The van der Waals surface area contributed by atoms with Crippen LogP contribution in [0.4, 0.5) is 0 Å². The van der Waals surface area contributed by atoms with Crippen LogP contribution in [-0.4, -0.2) is 50.6 Å². The standard InChI is InChI=1S/C9H14O6/c1-13-8(11)2-3-9(12)15-7-6-14-5-4-10/h2-3,10H,4-7H2,1H3. The molecule has 0 spiro atoms. The number of esters is 2. The van der Waals surface area contributed by atoms with Crippen LogP contribution in [0.5, 0.6) is 0 Å². The van der Waals surface area contributed by atoms with Crippen LogP contribution in [0.25, 0.3) is 0 Å². The van der Waals surface area contributed by atoms with Gasteiger partial charge in [-0.2, -0.15) is 0 Å². The minimum Gasteiger partial charge on any atom is -0.466 e. The number of aliphatic hydroxyl groups is 1. The summed E-state index contributed by atoms with van der Waals surface area (Å²) in [6.45, 7) is 0.411. The van der Waals surface area contributed by atoms with Gasteiger partial charge in [-0.15, -0.1) is 0 Å². The van der Waals surface area contributed by atoms with E-state index >= 15 is 0 Å². The average molecular weight is 218 g/mol. The number of hydrogen-bond acceptors (Lipinski definition) is 6. The third-order valence-electron chi connectivity index (χ3n) is 1.26. The Hall–Kier alpha value is -1.40. The van der Waals surface area contributed by atoms with Crippen LogP contribution in [0, 0.1) is 0 Å². The summed E-state index contributed by atoms with van der Waals surface area (Å²) in [5.41, 5.74) is 0. The minimum atomic E-state index is -0.645. The summed E-state index contributed by atoms with van der Waals surface area (Å²) in [5.74, 6) is -1.27. The zero-order valence-corrected chi connectivity index (χ0v) is 8.47. The Morgan fingerprint density at radius 3 is 2.40 bits per heavy atom. The summed E-state index contributed by atoms with van der Waals surface area (Å²) in [7, 11) is 1.21. The van der Waals surface area contributed by atoms with Gasteiger partial charge in [-0.25, -0.2) is 9.59 Å². The second-order valence-electron chi connectivity index (χ2n) is 2.36. The molecule has 0 aromatic carbocycles. The SMILES string of the molecule is COC(=O)C=CC(=O)OCCOCCO. The molecule has 0 aliphatic rings. The molecule has 0 atom stereocenters. The molecule has 0 aromatic heterocycles. The van der Waals surface area contributed by atoms with Crippen molar-refractivity contribution in [3.8, 4) is 0 Å². The lowest BCUT2D eigenvalue weighted by Gasteiger charge is -2.02. The van der Waals surface area contributed by atoms with Crippen LogP contribution >= 0.6 is 0 Å². The van der Waals surface area contributed by atoms with Gasteiger partial charge in [0, 0.05) is 12.2 Å². The Labute approximate surface area is 87.4 Å². The van der Waals surface area contributed by atoms with Crippen LogP contribution in [-0.2, 0) is 23.8 Å². The number of carbonyl (C=O) groups excluding carboxylic acids is 2. The molecular weight excluding hydrogens is 204 g/mol. The van der Waals surface area contributed by atoms with Crippen molar-refractivity contribution >= 4 is 11.9 Å². The van der Waals surface area contributed by atoms with E-state index in [-0.39, 0.29) is 26.4 Å². The maximum Gasteiger partial charge on any atom is 0.331 e. The first-order chi connectivity index (χ1) is 7.20. The number of ether oxygens (including phenoxy) is 3. The Bertz CT molecular complexity index is 223. The van der Waals surface area contributed by atoms with Crippen LogP contribution in [0.3, 0.4) is 0 Å². The zero-order valence-electron chi connectivity index (χ0n) is 8.47. The van der Waals surface area contributed by atoms with E-state index in [9.17, 15) is 9.59 Å². The fraction of sp³-hybridized carbons (Fsp3) is 0.556. The first kappa shape index (κ1) is 13.6. The van der Waals surface area contributed by atoms with Crippen molar-refractivity contribution in [3.05, 3.63) is 12.2 Å². The van der Waals surface area contributed by atoms with Gasteiger partial charge in [-0.05, 0) is 0 Å². The molecule has 0 amide bonds. The number of rotatable bonds is 7. The van der Waals surface area contributed by atoms with Crippen molar-refractivity contribution in [3.63, 3.8) is 0 Å². The van der Waals surface area contributed by atoms with E-state index in [1.54, 1.807) is 0 Å². The molecule has 0 heterocycles. The van der Waals surface area contributed by atoms with Gasteiger partial charge in [0.25, 0.3) is 0 Å². The molecule has 0 fully saturated rings. The Morgan fingerprint density at radius 1 is 1.13 bits per heavy atom. The molecule has 6 nitrogen and oxygen atoms in total. The van der Waals surface area contributed by atoms with Crippen LogP contribution in [0.2, 0.25) is 0 Å². The van der Waals surface area contributed by atoms with Crippen LogP contribution in [0.1, 0.15) is 0 Å². The van der Waals surface area contributed by atoms with Gasteiger partial charge in [-0.1, -0.05) is 0 Å². The predicted molar refractivity (Wildman–Crippen MR) is 50.0 cm³/mol. The molecule has 0 aliphatic heterocycles. The number of carbonyl (C=O) groups is 2. The fourth-order valence-corrected chi connectivity index (χ4v) is 0.620. The highest BCUT2D eigenvalue weighted by Crippen LogP contribution is 1.85. The molecular formula is C9H14O6. The smallest absolute Gasteiger partial charge is 0.331 e. The van der Waals surface area contributed by atoms with Gasteiger partial charge < -0.3 is 19.3 Å². The van der Waals surface area contributed by atoms with Crippen molar-refractivity contribution in [2.24, 2.45) is 0 Å². The van der Waals surface area contributed by atoms with Crippen molar-refractivity contribution in [1.29, 1.82) is 0 Å². The molecule has 0 saturated heterocycles. The molecule has 0 rings (SSSR count). The molecule has 6 heteroatoms. The van der Waals surface area contributed by atoms with Crippen molar-refractivity contribution in [2.75, 3.05) is 33.5 Å².